The molecule has 0 saturated carbocycles. The standard InChI is InChI=1S/C18H24BrN3O2/c1-18(2)11-21(9-8-15(18)20)16(23)12-7-10-22(17(12)24)14-6-4-3-5-13(14)19/h3-6,12,15H,7-11,20H2,1-2H3. The van der Waals surface area contributed by atoms with Crippen molar-refractivity contribution < 1.29 is 9.59 Å². The largest absolute Gasteiger partial charge is 0.341 e. The van der Waals surface area contributed by atoms with Crippen LogP contribution in [0.2, 0.25) is 0 Å². The smallest absolute Gasteiger partial charge is 0.239 e. The van der Waals surface area contributed by atoms with E-state index in [-0.39, 0.29) is 23.3 Å². The molecule has 5 nitrogen and oxygen atoms in total. The molecule has 130 valence electrons. The van der Waals surface area contributed by atoms with Gasteiger partial charge in [0.2, 0.25) is 11.8 Å². The number of amides is 2. The number of nitrogens with zero attached hydrogens (tertiary/aromatic N) is 2. The van der Waals surface area contributed by atoms with Gasteiger partial charge in [-0.3, -0.25) is 9.59 Å². The van der Waals surface area contributed by atoms with Crippen molar-refractivity contribution in [2.45, 2.75) is 32.7 Å². The van der Waals surface area contributed by atoms with Gasteiger partial charge in [0.25, 0.3) is 0 Å². The second-order valence-corrected chi connectivity index (χ2v) is 8.28. The second kappa shape index (κ2) is 6.48. The molecule has 2 aliphatic rings. The number of rotatable bonds is 2. The molecular formula is C18H24BrN3O2. The molecule has 2 amide bonds. The summed E-state index contributed by atoms with van der Waals surface area (Å²) < 4.78 is 0.872. The zero-order valence-electron chi connectivity index (χ0n) is 14.2. The van der Waals surface area contributed by atoms with Crippen molar-refractivity contribution >= 4 is 33.4 Å². The van der Waals surface area contributed by atoms with Gasteiger partial charge in [-0.25, -0.2) is 0 Å². The lowest BCUT2D eigenvalue weighted by Crippen LogP contribution is -2.55. The van der Waals surface area contributed by atoms with Gasteiger partial charge >= 0.3 is 0 Å². The summed E-state index contributed by atoms with van der Waals surface area (Å²) in [5.74, 6) is -0.712. The van der Waals surface area contributed by atoms with E-state index in [2.05, 4.69) is 29.8 Å². The van der Waals surface area contributed by atoms with Gasteiger partial charge in [-0.15, -0.1) is 0 Å². The predicted octanol–water partition coefficient (Wildman–Crippen LogP) is 2.39. The Bertz CT molecular complexity index is 661. The molecule has 1 aromatic carbocycles. The second-order valence-electron chi connectivity index (χ2n) is 7.43. The number of hydrogen-bond donors (Lipinski definition) is 1. The maximum Gasteiger partial charge on any atom is 0.239 e. The highest BCUT2D eigenvalue weighted by Gasteiger charge is 2.43. The summed E-state index contributed by atoms with van der Waals surface area (Å²) in [5, 5.41) is 0. The molecule has 0 aromatic heterocycles. The fraction of sp³-hybridized carbons (Fsp3) is 0.556. The van der Waals surface area contributed by atoms with E-state index in [0.717, 1.165) is 16.6 Å². The Balaban J connectivity index is 1.74. The minimum absolute atomic E-state index is 0.0467. The summed E-state index contributed by atoms with van der Waals surface area (Å²) in [7, 11) is 0. The van der Waals surface area contributed by atoms with E-state index in [0.29, 0.717) is 26.1 Å². The Morgan fingerprint density at radius 2 is 1.96 bits per heavy atom. The van der Waals surface area contributed by atoms with Crippen LogP contribution in [0.15, 0.2) is 28.7 Å². The molecule has 2 fully saturated rings. The maximum atomic E-state index is 12.9. The van der Waals surface area contributed by atoms with Crippen LogP contribution in [-0.4, -0.2) is 42.4 Å². The molecule has 2 heterocycles. The van der Waals surface area contributed by atoms with Gasteiger partial charge in [0.05, 0.1) is 5.69 Å². The molecule has 2 N–H and O–H groups in total. The average Bonchev–Trinajstić information content (AvgIpc) is 2.91. The zero-order chi connectivity index (χ0) is 17.5. The van der Waals surface area contributed by atoms with Gasteiger partial charge in [0.15, 0.2) is 0 Å². The van der Waals surface area contributed by atoms with Crippen LogP contribution < -0.4 is 10.6 Å². The Kier molecular flexibility index (Phi) is 4.71. The normalized spacial score (nSPS) is 26.8. The molecule has 0 aliphatic carbocycles. The summed E-state index contributed by atoms with van der Waals surface area (Å²) in [5.41, 5.74) is 6.87. The third kappa shape index (κ3) is 3.09. The minimum atomic E-state index is -0.567. The predicted molar refractivity (Wildman–Crippen MR) is 97.6 cm³/mol. The topological polar surface area (TPSA) is 66.6 Å². The highest BCUT2D eigenvalue weighted by atomic mass is 79.9. The Hall–Kier alpha value is -1.40. The molecule has 1 aromatic rings. The fourth-order valence-electron chi connectivity index (χ4n) is 3.60. The van der Waals surface area contributed by atoms with Crippen LogP contribution in [0.1, 0.15) is 26.7 Å². The number of likely N-dealkylation sites (tertiary alicyclic amines) is 1. The molecule has 0 spiro atoms. The van der Waals surface area contributed by atoms with E-state index in [4.69, 9.17) is 5.73 Å². The number of nitrogens with two attached hydrogens (primary N) is 1. The van der Waals surface area contributed by atoms with Crippen molar-refractivity contribution in [2.75, 3.05) is 24.5 Å². The van der Waals surface area contributed by atoms with Crippen LogP contribution in [0.4, 0.5) is 5.69 Å². The first-order valence-corrected chi connectivity index (χ1v) is 9.21. The quantitative estimate of drug-likeness (QED) is 0.784. The Labute approximate surface area is 151 Å². The molecule has 6 heteroatoms. The zero-order valence-corrected chi connectivity index (χ0v) is 15.8. The first-order valence-electron chi connectivity index (χ1n) is 8.41. The summed E-state index contributed by atoms with van der Waals surface area (Å²) in [4.78, 5) is 29.2. The molecule has 2 saturated heterocycles. The highest BCUT2D eigenvalue weighted by Crippen LogP contribution is 2.34. The molecular weight excluding hydrogens is 370 g/mol. The summed E-state index contributed by atoms with van der Waals surface area (Å²) in [6.07, 6.45) is 1.36. The van der Waals surface area contributed by atoms with E-state index in [1.54, 1.807) is 4.90 Å². The van der Waals surface area contributed by atoms with Crippen LogP contribution in [0.5, 0.6) is 0 Å². The summed E-state index contributed by atoms with van der Waals surface area (Å²) in [6.45, 7) is 6.00. The molecule has 3 rings (SSSR count). The monoisotopic (exact) mass is 393 g/mol. The third-order valence-electron chi connectivity index (χ3n) is 5.27. The number of halogens is 1. The fourth-order valence-corrected chi connectivity index (χ4v) is 4.10. The van der Waals surface area contributed by atoms with E-state index in [9.17, 15) is 9.59 Å². The molecule has 24 heavy (non-hydrogen) atoms. The van der Waals surface area contributed by atoms with Crippen molar-refractivity contribution in [3.8, 4) is 0 Å². The molecule has 2 unspecified atom stereocenters. The van der Waals surface area contributed by atoms with E-state index in [1.165, 1.54) is 0 Å². The number of piperidine rings is 1. The number of hydrogen-bond acceptors (Lipinski definition) is 3. The lowest BCUT2D eigenvalue weighted by Gasteiger charge is -2.43. The van der Waals surface area contributed by atoms with Crippen LogP contribution in [0, 0.1) is 11.3 Å². The number of benzene rings is 1. The first-order chi connectivity index (χ1) is 11.3. The lowest BCUT2D eigenvalue weighted by atomic mass is 9.79. The first kappa shape index (κ1) is 17.4. The van der Waals surface area contributed by atoms with Gasteiger partial charge in [-0.1, -0.05) is 26.0 Å². The maximum absolute atomic E-state index is 12.9. The van der Waals surface area contributed by atoms with Crippen molar-refractivity contribution in [1.29, 1.82) is 0 Å². The number of para-hydroxylation sites is 1. The summed E-state index contributed by atoms with van der Waals surface area (Å²) in [6, 6.07) is 7.72. The Morgan fingerprint density at radius 1 is 1.25 bits per heavy atom. The van der Waals surface area contributed by atoms with Crippen molar-refractivity contribution in [1.82, 2.24) is 4.90 Å². The third-order valence-corrected chi connectivity index (χ3v) is 5.94. The molecule has 0 bridgehead atoms. The van der Waals surface area contributed by atoms with E-state index >= 15 is 0 Å². The van der Waals surface area contributed by atoms with Crippen LogP contribution in [0.3, 0.4) is 0 Å². The van der Waals surface area contributed by atoms with E-state index in [1.807, 2.05) is 29.2 Å². The minimum Gasteiger partial charge on any atom is -0.341 e. The molecule has 2 atom stereocenters. The van der Waals surface area contributed by atoms with Crippen molar-refractivity contribution in [2.24, 2.45) is 17.1 Å². The number of anilines is 1. The number of carbonyl (C=O) groups excluding carboxylic acids is 2. The number of carbonyl (C=O) groups is 2. The Morgan fingerprint density at radius 3 is 2.62 bits per heavy atom. The van der Waals surface area contributed by atoms with Crippen LogP contribution >= 0.6 is 15.9 Å². The van der Waals surface area contributed by atoms with Gasteiger partial charge in [-0.2, -0.15) is 0 Å². The van der Waals surface area contributed by atoms with Crippen LogP contribution in [-0.2, 0) is 9.59 Å². The lowest BCUT2D eigenvalue weighted by molar-refractivity contribution is -0.142. The van der Waals surface area contributed by atoms with Gasteiger partial charge in [0.1, 0.15) is 5.92 Å². The van der Waals surface area contributed by atoms with Gasteiger partial charge in [0, 0.05) is 30.1 Å². The highest BCUT2D eigenvalue weighted by molar-refractivity contribution is 9.10. The molecule has 2 aliphatic heterocycles. The van der Waals surface area contributed by atoms with Gasteiger partial charge in [-0.05, 0) is 46.3 Å². The van der Waals surface area contributed by atoms with Crippen LogP contribution in [0.25, 0.3) is 0 Å². The van der Waals surface area contributed by atoms with E-state index < -0.39 is 5.92 Å². The average molecular weight is 394 g/mol. The van der Waals surface area contributed by atoms with Crippen molar-refractivity contribution in [3.63, 3.8) is 0 Å². The van der Waals surface area contributed by atoms with Crippen molar-refractivity contribution in [3.05, 3.63) is 28.7 Å². The van der Waals surface area contributed by atoms with Gasteiger partial charge < -0.3 is 15.5 Å². The summed E-state index contributed by atoms with van der Waals surface area (Å²) >= 11 is 3.49. The SMILES string of the molecule is CC1(C)CN(C(=O)C2CCN(c3ccccc3Br)C2=O)CCC1N. The molecule has 0 radical (unpaired) electrons.